The van der Waals surface area contributed by atoms with Gasteiger partial charge in [-0.1, -0.05) is 89.6 Å². The van der Waals surface area contributed by atoms with Gasteiger partial charge in [-0.05, 0) is 122 Å². The molecular weight excluding hydrogens is 1170 g/mol. The molecule has 0 atom stereocenters. The summed E-state index contributed by atoms with van der Waals surface area (Å²) >= 11 is 11.9. The summed E-state index contributed by atoms with van der Waals surface area (Å²) < 4.78 is 76.4. The molecular formula is C52H42BaCl2N6O12S2. The number of ether oxygens (including phenoxy) is 2. The van der Waals surface area contributed by atoms with E-state index in [2.05, 4.69) is 30.8 Å². The number of fused-ring (bicyclic) bond motifs is 2. The van der Waals surface area contributed by atoms with Crippen LogP contribution in [0.4, 0.5) is 34.1 Å². The van der Waals surface area contributed by atoms with E-state index in [0.717, 1.165) is 12.1 Å². The van der Waals surface area contributed by atoms with Gasteiger partial charge in [0.05, 0.1) is 51.6 Å². The number of halogens is 2. The van der Waals surface area contributed by atoms with E-state index in [1.54, 1.807) is 111 Å². The summed E-state index contributed by atoms with van der Waals surface area (Å²) in [5.41, 5.74) is 1.53. The number of phenols is 1. The van der Waals surface area contributed by atoms with E-state index in [1.165, 1.54) is 24.3 Å². The van der Waals surface area contributed by atoms with Crippen molar-refractivity contribution in [3.05, 3.63) is 166 Å². The van der Waals surface area contributed by atoms with Gasteiger partial charge in [0, 0.05) is 28.6 Å². The van der Waals surface area contributed by atoms with Crippen molar-refractivity contribution in [3.8, 4) is 23.0 Å². The van der Waals surface area contributed by atoms with E-state index in [0.29, 0.717) is 68.8 Å². The molecule has 0 spiro atoms. The number of anilines is 1. The number of azo groups is 2. The molecule has 18 nitrogen and oxygen atoms in total. The molecule has 0 aliphatic heterocycles. The third-order valence-corrected chi connectivity index (χ3v) is 13.4. The third-order valence-electron chi connectivity index (χ3n) is 10.8. The van der Waals surface area contributed by atoms with Crippen molar-refractivity contribution in [2.75, 3.05) is 18.5 Å². The second kappa shape index (κ2) is 25.0. The minimum atomic E-state index is -4.61. The molecule has 0 aromatic heterocycles. The van der Waals surface area contributed by atoms with E-state index in [9.17, 15) is 46.1 Å². The number of amides is 1. The van der Waals surface area contributed by atoms with E-state index >= 15 is 0 Å². The minimum Gasteiger partial charge on any atom is -0.871 e. The minimum absolute atomic E-state index is 0. The number of hydrogen-bond acceptors (Lipinski definition) is 15. The van der Waals surface area contributed by atoms with Crippen molar-refractivity contribution in [3.63, 3.8) is 0 Å². The van der Waals surface area contributed by atoms with Crippen molar-refractivity contribution in [1.82, 2.24) is 0 Å². The summed E-state index contributed by atoms with van der Waals surface area (Å²) in [7, 11) is -9.21. The van der Waals surface area contributed by atoms with Crippen LogP contribution in [0.25, 0.3) is 21.5 Å². The zero-order valence-electron chi connectivity index (χ0n) is 40.1. The Hall–Kier alpha value is -6.41. The van der Waals surface area contributed by atoms with Gasteiger partial charge in [-0.25, -0.2) is 0 Å². The smallest absolute Gasteiger partial charge is 0.871 e. The molecule has 0 saturated carbocycles. The topological polar surface area (TPSA) is 284 Å². The maximum Gasteiger partial charge on any atom is 2.00 e. The van der Waals surface area contributed by atoms with Crippen LogP contribution in [0.3, 0.4) is 0 Å². The second-order valence-electron chi connectivity index (χ2n) is 15.9. The first-order valence-corrected chi connectivity index (χ1v) is 25.7. The Labute approximate surface area is 481 Å². The molecule has 23 heteroatoms. The van der Waals surface area contributed by atoms with E-state index in [1.807, 2.05) is 13.8 Å². The van der Waals surface area contributed by atoms with Crippen LogP contribution in [0, 0.1) is 13.8 Å². The molecule has 380 valence electrons. The van der Waals surface area contributed by atoms with Gasteiger partial charge in [-0.3, -0.25) is 18.9 Å². The Kier molecular flexibility index (Phi) is 19.3. The van der Waals surface area contributed by atoms with Crippen LogP contribution < -0.4 is 25.0 Å². The van der Waals surface area contributed by atoms with E-state index in [-0.39, 0.29) is 92.8 Å². The van der Waals surface area contributed by atoms with Gasteiger partial charge in [-0.2, -0.15) is 32.2 Å². The Bertz CT molecular complexity index is 3830. The van der Waals surface area contributed by atoms with Gasteiger partial charge in [0.25, 0.3) is 26.1 Å². The molecule has 0 unspecified atom stereocenters. The Morgan fingerprint density at radius 3 is 1.64 bits per heavy atom. The number of aryl methyl sites for hydroxylation is 2. The summed E-state index contributed by atoms with van der Waals surface area (Å²) in [6.07, 6.45) is 0. The normalized spacial score (nSPS) is 11.9. The SMILES string of the molecule is CCOc1cccc(N=C([O-])c2cc3ccccc3c(N=Nc3cc(S(=O)(=O)O)c(Cl)cc3C)c2[O-])c1.CCOc1cccc(NC(=O)c2cc3ccccc3c(N=Nc3cc(S(=O)(=O)O)c(Cl)cc3C)c2O)c1.[Ba+2]. The number of nitrogens with zero attached hydrogens (tertiary/aromatic N) is 5. The molecule has 0 aliphatic carbocycles. The molecule has 8 rings (SSSR count). The zero-order valence-corrected chi connectivity index (χ0v) is 47.7. The predicted octanol–water partition coefficient (Wildman–Crippen LogP) is 11.8. The molecule has 0 aliphatic rings. The molecule has 75 heavy (non-hydrogen) atoms. The number of nitrogens with one attached hydrogen (secondary N) is 1. The summed E-state index contributed by atoms with van der Waals surface area (Å²) in [6.45, 7) is 7.84. The van der Waals surface area contributed by atoms with Crippen LogP contribution in [-0.4, -0.2) is 105 Å². The van der Waals surface area contributed by atoms with Gasteiger partial charge >= 0.3 is 48.9 Å². The molecule has 0 bridgehead atoms. The number of phenolic OH excluding ortho intramolecular Hbond substituents is 1. The first-order valence-electron chi connectivity index (χ1n) is 22.1. The monoisotopic (exact) mass is 1210 g/mol. The van der Waals surface area contributed by atoms with Crippen LogP contribution >= 0.6 is 23.2 Å². The van der Waals surface area contributed by atoms with Crippen molar-refractivity contribution < 1.29 is 55.5 Å². The standard InChI is InChI=1S/2C26H22ClN3O6S.Ba/c2*1-3-36-18-9-6-8-17(13-18)28-26(32)20-12-16-7-4-5-10-19(16)24(25(20)31)30-29-22-14-23(37(33,34)35)21(27)11-15(22)2;/h2*4-14,31H,3H2,1-2H3,(H,28,32)(H,33,34,35);/q;;+2/p-2. The fourth-order valence-electron chi connectivity index (χ4n) is 7.28. The molecule has 8 aromatic carbocycles. The molecule has 0 heterocycles. The van der Waals surface area contributed by atoms with Crippen molar-refractivity contribution >= 4 is 160 Å². The first-order chi connectivity index (χ1) is 35.2. The largest absolute Gasteiger partial charge is 2.00 e. The third kappa shape index (κ3) is 14.1. The Morgan fingerprint density at radius 1 is 0.627 bits per heavy atom. The van der Waals surface area contributed by atoms with Gasteiger partial charge < -0.3 is 30.1 Å². The predicted molar refractivity (Wildman–Crippen MR) is 284 cm³/mol. The molecule has 0 fully saturated rings. The second-order valence-corrected chi connectivity index (χ2v) is 19.5. The summed E-state index contributed by atoms with van der Waals surface area (Å²) in [4.78, 5) is 16.1. The van der Waals surface area contributed by atoms with Crippen molar-refractivity contribution in [2.24, 2.45) is 25.4 Å². The molecule has 8 aromatic rings. The molecule has 1 amide bonds. The van der Waals surface area contributed by atoms with Crippen LogP contribution in [0.1, 0.15) is 40.9 Å². The maximum absolute atomic E-state index is 13.4. The molecule has 0 radical (unpaired) electrons. The summed E-state index contributed by atoms with van der Waals surface area (Å²) in [5.74, 6) is -1.34. The fourth-order valence-corrected chi connectivity index (χ4v) is 9.43. The van der Waals surface area contributed by atoms with Gasteiger partial charge in [0.15, 0.2) is 5.75 Å². The molecule has 4 N–H and O–H groups in total. The zero-order chi connectivity index (χ0) is 53.5. The number of hydrogen-bond donors (Lipinski definition) is 4. The van der Waals surface area contributed by atoms with Crippen LogP contribution in [0.2, 0.25) is 10.0 Å². The first kappa shape index (κ1) is 57.9. The number of aromatic hydroxyl groups is 1. The van der Waals surface area contributed by atoms with Crippen LogP contribution in [0.15, 0.2) is 169 Å². The van der Waals surface area contributed by atoms with Gasteiger partial charge in [-0.15, -0.1) is 5.11 Å². The Morgan fingerprint density at radius 2 is 1.11 bits per heavy atom. The Balaban J connectivity index is 0.000000241. The number of carbonyl (C=O) groups excluding carboxylic acids is 1. The van der Waals surface area contributed by atoms with E-state index in [4.69, 9.17) is 32.7 Å². The molecule has 0 saturated heterocycles. The summed E-state index contributed by atoms with van der Waals surface area (Å²) in [6, 6.07) is 35.0. The maximum atomic E-state index is 13.4. The number of rotatable bonds is 14. The van der Waals surface area contributed by atoms with Crippen molar-refractivity contribution in [2.45, 2.75) is 37.5 Å². The van der Waals surface area contributed by atoms with E-state index < -0.39 is 53.3 Å². The number of carbonyl (C=O) groups is 1. The fraction of sp³-hybridized carbons (Fsp3) is 0.115. The number of aliphatic imine (C=N–C) groups is 1. The van der Waals surface area contributed by atoms with Crippen LogP contribution in [-0.2, 0) is 20.2 Å². The average Bonchev–Trinajstić information content (AvgIpc) is 3.34. The van der Waals surface area contributed by atoms with Crippen molar-refractivity contribution in [1.29, 1.82) is 0 Å². The number of benzene rings is 8. The summed E-state index contributed by atoms with van der Waals surface area (Å²) in [5, 5.41) is 58.4. The van der Waals surface area contributed by atoms with Crippen LogP contribution in [0.5, 0.6) is 23.0 Å². The van der Waals surface area contributed by atoms with Gasteiger partial charge in [0.2, 0.25) is 0 Å². The van der Waals surface area contributed by atoms with Gasteiger partial charge in [0.1, 0.15) is 27.0 Å². The quantitative estimate of drug-likeness (QED) is 0.0260. The average molecular weight is 1220 g/mol.